The number of nitrogens with one attached hydrogen (secondary N) is 1. The number of amides is 3. The molecule has 0 unspecified atom stereocenters. The Labute approximate surface area is 132 Å². The summed E-state index contributed by atoms with van der Waals surface area (Å²) in [7, 11) is 1.30. The standard InChI is InChI=1S/C15H18FN3O4/c1-15(2,13(21)22)18(3)12(20)10-8-9(4-5-11(10)16)19-7-6-17-14(19)23/h4-5,8H,6-7H2,1-3H3,(H,17,23)(H,21,22). The highest BCUT2D eigenvalue weighted by Crippen LogP contribution is 2.24. The molecule has 2 rings (SSSR count). The summed E-state index contributed by atoms with van der Waals surface area (Å²) in [6.45, 7) is 3.58. The predicted molar refractivity (Wildman–Crippen MR) is 81.0 cm³/mol. The van der Waals surface area contributed by atoms with Gasteiger partial charge in [-0.15, -0.1) is 0 Å². The molecule has 0 spiro atoms. The van der Waals surface area contributed by atoms with Crippen LogP contribution in [-0.2, 0) is 4.79 Å². The van der Waals surface area contributed by atoms with E-state index in [4.69, 9.17) is 0 Å². The Morgan fingerprint density at radius 2 is 2.04 bits per heavy atom. The van der Waals surface area contributed by atoms with Gasteiger partial charge in [-0.3, -0.25) is 9.69 Å². The molecule has 0 atom stereocenters. The number of hydrogen-bond acceptors (Lipinski definition) is 3. The number of aliphatic carboxylic acids is 1. The molecule has 2 N–H and O–H groups in total. The molecule has 1 saturated heterocycles. The van der Waals surface area contributed by atoms with Gasteiger partial charge in [-0.05, 0) is 32.0 Å². The number of carboxylic acid groups (broad SMARTS) is 1. The Morgan fingerprint density at radius 3 is 2.57 bits per heavy atom. The Hall–Kier alpha value is -2.64. The molecule has 0 bridgehead atoms. The number of carbonyl (C=O) groups is 3. The molecule has 8 heteroatoms. The van der Waals surface area contributed by atoms with E-state index in [-0.39, 0.29) is 11.6 Å². The maximum absolute atomic E-state index is 14.0. The number of likely N-dealkylation sites (N-methyl/N-ethyl adjacent to an activating group) is 1. The van der Waals surface area contributed by atoms with Gasteiger partial charge in [0.1, 0.15) is 11.4 Å². The van der Waals surface area contributed by atoms with Crippen LogP contribution in [0.4, 0.5) is 14.9 Å². The van der Waals surface area contributed by atoms with Crippen LogP contribution in [0.5, 0.6) is 0 Å². The van der Waals surface area contributed by atoms with Crippen molar-refractivity contribution in [2.24, 2.45) is 0 Å². The number of carboxylic acids is 1. The van der Waals surface area contributed by atoms with Crippen LogP contribution in [-0.4, -0.2) is 53.6 Å². The summed E-state index contributed by atoms with van der Waals surface area (Å²) in [6, 6.07) is 3.43. The highest BCUT2D eigenvalue weighted by atomic mass is 19.1. The third-order valence-electron chi connectivity index (χ3n) is 4.02. The van der Waals surface area contributed by atoms with Crippen LogP contribution in [0, 0.1) is 5.82 Å². The van der Waals surface area contributed by atoms with Gasteiger partial charge in [-0.25, -0.2) is 14.0 Å². The minimum absolute atomic E-state index is 0.279. The molecule has 1 aromatic carbocycles. The SMILES string of the molecule is CN(C(=O)c1cc(N2CCNC2=O)ccc1F)C(C)(C)C(=O)O. The average Bonchev–Trinajstić information content (AvgIpc) is 2.92. The van der Waals surface area contributed by atoms with Crippen LogP contribution < -0.4 is 10.2 Å². The summed E-state index contributed by atoms with van der Waals surface area (Å²) in [5, 5.41) is 11.8. The number of hydrogen-bond donors (Lipinski definition) is 2. The summed E-state index contributed by atoms with van der Waals surface area (Å²) in [4.78, 5) is 37.7. The summed E-state index contributed by atoms with van der Waals surface area (Å²) in [5.74, 6) is -2.74. The lowest BCUT2D eigenvalue weighted by molar-refractivity contribution is -0.147. The minimum atomic E-state index is -1.50. The number of halogens is 1. The minimum Gasteiger partial charge on any atom is -0.480 e. The predicted octanol–water partition coefficient (Wildman–Crippen LogP) is 1.29. The molecule has 124 valence electrons. The van der Waals surface area contributed by atoms with Crippen molar-refractivity contribution in [1.82, 2.24) is 10.2 Å². The van der Waals surface area contributed by atoms with Crippen LogP contribution in [0.25, 0.3) is 0 Å². The largest absolute Gasteiger partial charge is 0.480 e. The lowest BCUT2D eigenvalue weighted by Crippen LogP contribution is -2.51. The van der Waals surface area contributed by atoms with E-state index in [1.54, 1.807) is 0 Å². The number of anilines is 1. The third-order valence-corrected chi connectivity index (χ3v) is 4.02. The first-order valence-corrected chi connectivity index (χ1v) is 7.02. The number of rotatable bonds is 4. The molecule has 1 fully saturated rings. The van der Waals surface area contributed by atoms with Gasteiger partial charge < -0.3 is 15.3 Å². The molecule has 1 heterocycles. The smallest absolute Gasteiger partial charge is 0.329 e. The van der Waals surface area contributed by atoms with Crippen molar-refractivity contribution in [3.63, 3.8) is 0 Å². The van der Waals surface area contributed by atoms with Crippen LogP contribution in [0.2, 0.25) is 0 Å². The molecule has 0 aliphatic carbocycles. The monoisotopic (exact) mass is 323 g/mol. The lowest BCUT2D eigenvalue weighted by Gasteiger charge is -2.31. The van der Waals surface area contributed by atoms with E-state index >= 15 is 0 Å². The topological polar surface area (TPSA) is 90.0 Å². The van der Waals surface area contributed by atoms with E-state index in [1.165, 1.54) is 37.9 Å². The van der Waals surface area contributed by atoms with E-state index in [2.05, 4.69) is 5.32 Å². The summed E-state index contributed by atoms with van der Waals surface area (Å²) in [5.41, 5.74) is -1.39. The number of nitrogens with zero attached hydrogens (tertiary/aromatic N) is 2. The zero-order chi connectivity index (χ0) is 17.4. The van der Waals surface area contributed by atoms with Crippen LogP contribution in [0.1, 0.15) is 24.2 Å². The average molecular weight is 323 g/mol. The Bertz CT molecular complexity index is 675. The zero-order valence-electron chi connectivity index (χ0n) is 13.1. The van der Waals surface area contributed by atoms with E-state index < -0.39 is 23.2 Å². The van der Waals surface area contributed by atoms with Gasteiger partial charge in [-0.1, -0.05) is 0 Å². The molecule has 1 aliphatic heterocycles. The molecule has 0 radical (unpaired) electrons. The molecular weight excluding hydrogens is 305 g/mol. The van der Waals surface area contributed by atoms with Crippen molar-refractivity contribution in [1.29, 1.82) is 0 Å². The van der Waals surface area contributed by atoms with Gasteiger partial charge in [0.05, 0.1) is 5.56 Å². The van der Waals surface area contributed by atoms with Crippen molar-refractivity contribution >= 4 is 23.6 Å². The van der Waals surface area contributed by atoms with Gasteiger partial charge in [0.15, 0.2) is 0 Å². The summed E-state index contributed by atoms with van der Waals surface area (Å²) in [6.07, 6.45) is 0. The van der Waals surface area contributed by atoms with E-state index in [1.807, 2.05) is 0 Å². The molecular formula is C15H18FN3O4. The van der Waals surface area contributed by atoms with Crippen molar-refractivity contribution < 1.29 is 23.9 Å². The highest BCUT2D eigenvalue weighted by molar-refractivity contribution is 6.00. The van der Waals surface area contributed by atoms with Gasteiger partial charge >= 0.3 is 12.0 Å². The van der Waals surface area contributed by atoms with Gasteiger partial charge in [-0.2, -0.15) is 0 Å². The second-order valence-corrected chi connectivity index (χ2v) is 5.78. The van der Waals surface area contributed by atoms with Gasteiger partial charge in [0.25, 0.3) is 5.91 Å². The second kappa shape index (κ2) is 5.86. The van der Waals surface area contributed by atoms with E-state index in [0.29, 0.717) is 18.8 Å². The maximum Gasteiger partial charge on any atom is 0.329 e. The van der Waals surface area contributed by atoms with Crippen molar-refractivity contribution in [3.8, 4) is 0 Å². The van der Waals surface area contributed by atoms with Crippen LogP contribution >= 0.6 is 0 Å². The molecule has 0 aromatic heterocycles. The van der Waals surface area contributed by atoms with Gasteiger partial charge in [0.2, 0.25) is 0 Å². The first-order chi connectivity index (χ1) is 10.7. The van der Waals surface area contributed by atoms with Gasteiger partial charge in [0, 0.05) is 25.8 Å². The van der Waals surface area contributed by atoms with Crippen molar-refractivity contribution in [2.45, 2.75) is 19.4 Å². The Kier molecular flexibility index (Phi) is 4.26. The fourth-order valence-electron chi connectivity index (χ4n) is 2.14. The highest BCUT2D eigenvalue weighted by Gasteiger charge is 2.36. The molecule has 7 nitrogen and oxygen atoms in total. The fourth-order valence-corrected chi connectivity index (χ4v) is 2.14. The molecule has 23 heavy (non-hydrogen) atoms. The number of urea groups is 1. The summed E-state index contributed by atoms with van der Waals surface area (Å²) >= 11 is 0. The van der Waals surface area contributed by atoms with Crippen LogP contribution in [0.15, 0.2) is 18.2 Å². The van der Waals surface area contributed by atoms with Crippen molar-refractivity contribution in [3.05, 3.63) is 29.6 Å². The first-order valence-electron chi connectivity index (χ1n) is 7.02. The zero-order valence-corrected chi connectivity index (χ0v) is 13.1. The molecule has 3 amide bonds. The number of benzene rings is 1. The lowest BCUT2D eigenvalue weighted by atomic mass is 10.0. The summed E-state index contributed by atoms with van der Waals surface area (Å²) < 4.78 is 14.0. The Morgan fingerprint density at radius 1 is 1.39 bits per heavy atom. The second-order valence-electron chi connectivity index (χ2n) is 5.78. The maximum atomic E-state index is 14.0. The first kappa shape index (κ1) is 16.7. The molecule has 1 aromatic rings. The van der Waals surface area contributed by atoms with E-state index in [0.717, 1.165) is 11.0 Å². The normalized spacial score (nSPS) is 14.6. The van der Waals surface area contributed by atoms with Crippen molar-refractivity contribution in [2.75, 3.05) is 25.0 Å². The molecule has 0 saturated carbocycles. The number of carbonyl (C=O) groups excluding carboxylic acids is 2. The van der Waals surface area contributed by atoms with E-state index in [9.17, 15) is 23.9 Å². The Balaban J connectivity index is 2.37. The fraction of sp³-hybridized carbons (Fsp3) is 0.400. The van der Waals surface area contributed by atoms with Crippen LogP contribution in [0.3, 0.4) is 0 Å². The molecule has 1 aliphatic rings. The third kappa shape index (κ3) is 2.96. The quantitative estimate of drug-likeness (QED) is 0.874.